The predicted molar refractivity (Wildman–Crippen MR) is 98.0 cm³/mol. The lowest BCUT2D eigenvalue weighted by atomic mass is 9.96. The molecule has 0 unspecified atom stereocenters. The molecule has 0 aromatic heterocycles. The number of aliphatic carboxylic acids is 1. The van der Waals surface area contributed by atoms with E-state index in [1.807, 2.05) is 25.1 Å². The van der Waals surface area contributed by atoms with Crippen molar-refractivity contribution in [3.63, 3.8) is 0 Å². The fraction of sp³-hybridized carbons (Fsp3) is 0.350. The van der Waals surface area contributed by atoms with Crippen LogP contribution in [0.25, 0.3) is 0 Å². The van der Waals surface area contributed by atoms with E-state index in [9.17, 15) is 4.79 Å². The van der Waals surface area contributed by atoms with Crippen LogP contribution in [0, 0.1) is 6.92 Å². The molecule has 0 bridgehead atoms. The third-order valence-electron chi connectivity index (χ3n) is 4.23. The van der Waals surface area contributed by atoms with Gasteiger partial charge in [-0.15, -0.1) is 0 Å². The highest BCUT2D eigenvalue weighted by atomic mass is 16.5. The second kappa shape index (κ2) is 8.47. The normalized spacial score (nSPS) is 10.3. The predicted octanol–water partition coefficient (Wildman–Crippen LogP) is 3.25. The first-order chi connectivity index (χ1) is 12.5. The van der Waals surface area contributed by atoms with E-state index >= 15 is 0 Å². The van der Waals surface area contributed by atoms with E-state index < -0.39 is 5.97 Å². The molecular formula is C20H24O6. The Balaban J connectivity index is 2.57. The molecule has 0 saturated heterocycles. The summed E-state index contributed by atoms with van der Waals surface area (Å²) in [5.41, 5.74) is 3.50. The van der Waals surface area contributed by atoms with Crippen LogP contribution < -0.4 is 18.9 Å². The number of hydrogen-bond acceptors (Lipinski definition) is 5. The van der Waals surface area contributed by atoms with Crippen molar-refractivity contribution >= 4 is 5.97 Å². The highest BCUT2D eigenvalue weighted by molar-refractivity contribution is 5.70. The van der Waals surface area contributed by atoms with Crippen LogP contribution in [0.4, 0.5) is 0 Å². The molecule has 2 aromatic carbocycles. The third-order valence-corrected chi connectivity index (χ3v) is 4.23. The number of methoxy groups -OCH3 is 4. The Hall–Kier alpha value is -2.89. The lowest BCUT2D eigenvalue weighted by Gasteiger charge is -2.21. The summed E-state index contributed by atoms with van der Waals surface area (Å²) in [6.45, 7) is 1.93. The van der Waals surface area contributed by atoms with Crippen molar-refractivity contribution in [2.24, 2.45) is 0 Å². The van der Waals surface area contributed by atoms with E-state index in [1.165, 1.54) is 0 Å². The van der Waals surface area contributed by atoms with E-state index in [0.717, 1.165) is 22.3 Å². The molecule has 1 N–H and O–H groups in total. The summed E-state index contributed by atoms with van der Waals surface area (Å²) < 4.78 is 22.1. The van der Waals surface area contributed by atoms with E-state index in [-0.39, 0.29) is 6.42 Å². The minimum absolute atomic E-state index is 0.0147. The number of carbonyl (C=O) groups is 1. The molecule has 6 nitrogen and oxygen atoms in total. The molecule has 0 radical (unpaired) electrons. The molecule has 0 atom stereocenters. The minimum Gasteiger partial charge on any atom is -0.492 e. The Kier molecular flexibility index (Phi) is 6.33. The molecule has 26 heavy (non-hydrogen) atoms. The molecule has 0 saturated carbocycles. The van der Waals surface area contributed by atoms with Crippen molar-refractivity contribution < 1.29 is 28.8 Å². The molecule has 0 spiro atoms. The number of benzene rings is 2. The second-order valence-corrected chi connectivity index (χ2v) is 5.80. The van der Waals surface area contributed by atoms with Gasteiger partial charge < -0.3 is 24.1 Å². The lowest BCUT2D eigenvalue weighted by molar-refractivity contribution is -0.136. The average molecular weight is 360 g/mol. The number of carboxylic acid groups (broad SMARTS) is 1. The van der Waals surface area contributed by atoms with E-state index in [1.54, 1.807) is 34.5 Å². The van der Waals surface area contributed by atoms with Gasteiger partial charge in [-0.05, 0) is 18.1 Å². The zero-order chi connectivity index (χ0) is 19.3. The van der Waals surface area contributed by atoms with Crippen molar-refractivity contribution in [3.05, 3.63) is 46.5 Å². The maximum absolute atomic E-state index is 11.0. The van der Waals surface area contributed by atoms with Crippen LogP contribution >= 0.6 is 0 Å². The molecule has 0 aliphatic carbocycles. The monoisotopic (exact) mass is 360 g/mol. The van der Waals surface area contributed by atoms with Crippen LogP contribution in [-0.2, 0) is 17.6 Å². The maximum atomic E-state index is 11.0. The van der Waals surface area contributed by atoms with Crippen LogP contribution in [0.1, 0.15) is 22.3 Å². The highest BCUT2D eigenvalue weighted by Crippen LogP contribution is 2.49. The van der Waals surface area contributed by atoms with Crippen molar-refractivity contribution in [3.8, 4) is 23.0 Å². The molecule has 140 valence electrons. The van der Waals surface area contributed by atoms with Crippen LogP contribution in [0.5, 0.6) is 23.0 Å². The first-order valence-electron chi connectivity index (χ1n) is 8.11. The Morgan fingerprint density at radius 1 is 0.885 bits per heavy atom. The van der Waals surface area contributed by atoms with Crippen molar-refractivity contribution in [1.82, 2.24) is 0 Å². The molecule has 0 aliphatic rings. The molecule has 2 aromatic rings. The number of hydrogen-bond donors (Lipinski definition) is 1. The van der Waals surface area contributed by atoms with Gasteiger partial charge in [0, 0.05) is 17.5 Å². The summed E-state index contributed by atoms with van der Waals surface area (Å²) in [6, 6.07) is 7.49. The van der Waals surface area contributed by atoms with E-state index in [4.69, 9.17) is 24.1 Å². The molecule has 6 heteroatoms. The number of ether oxygens (including phenoxy) is 4. The largest absolute Gasteiger partial charge is 0.492 e. The minimum atomic E-state index is -0.858. The summed E-state index contributed by atoms with van der Waals surface area (Å²) in [6.07, 6.45) is 0.526. The molecule has 0 aliphatic heterocycles. The number of rotatable bonds is 8. The van der Waals surface area contributed by atoms with Crippen LogP contribution in [-0.4, -0.2) is 39.5 Å². The molecule has 0 amide bonds. The van der Waals surface area contributed by atoms with Crippen LogP contribution in [0.15, 0.2) is 24.3 Å². The lowest BCUT2D eigenvalue weighted by Crippen LogP contribution is -2.06. The SMILES string of the molecule is COc1c(C)c(Cc2cccc(CC(=O)O)c2)c(OC)c(OC)c1OC. The summed E-state index contributed by atoms with van der Waals surface area (Å²) >= 11 is 0. The van der Waals surface area contributed by atoms with Crippen molar-refractivity contribution in [2.45, 2.75) is 19.8 Å². The fourth-order valence-corrected chi connectivity index (χ4v) is 3.09. The summed E-state index contributed by atoms with van der Waals surface area (Å²) in [7, 11) is 6.25. The summed E-state index contributed by atoms with van der Waals surface area (Å²) in [5.74, 6) is 1.25. The molecule has 0 fully saturated rings. The topological polar surface area (TPSA) is 74.2 Å². The van der Waals surface area contributed by atoms with Gasteiger partial charge in [0.2, 0.25) is 11.5 Å². The Morgan fingerprint density at radius 3 is 1.96 bits per heavy atom. The van der Waals surface area contributed by atoms with Crippen molar-refractivity contribution in [1.29, 1.82) is 0 Å². The molecular weight excluding hydrogens is 336 g/mol. The second-order valence-electron chi connectivity index (χ2n) is 5.80. The quantitative estimate of drug-likeness (QED) is 0.779. The van der Waals surface area contributed by atoms with Gasteiger partial charge in [-0.1, -0.05) is 24.3 Å². The van der Waals surface area contributed by atoms with Gasteiger partial charge in [0.15, 0.2) is 11.5 Å². The van der Waals surface area contributed by atoms with Gasteiger partial charge in [0.25, 0.3) is 0 Å². The van der Waals surface area contributed by atoms with Gasteiger partial charge >= 0.3 is 5.97 Å². The standard InChI is InChI=1S/C20H24O6/c1-12-15(10-13-7-6-8-14(9-13)11-16(21)22)18(24-3)20(26-5)19(25-4)17(12)23-2/h6-9H,10-11H2,1-5H3,(H,21,22). The third kappa shape index (κ3) is 3.85. The first kappa shape index (κ1) is 19.4. The summed E-state index contributed by atoms with van der Waals surface area (Å²) in [4.78, 5) is 11.0. The zero-order valence-electron chi connectivity index (χ0n) is 15.7. The Labute approximate surface area is 153 Å². The fourth-order valence-electron chi connectivity index (χ4n) is 3.09. The molecule has 2 rings (SSSR count). The maximum Gasteiger partial charge on any atom is 0.307 e. The van der Waals surface area contributed by atoms with Gasteiger partial charge in [0.1, 0.15) is 0 Å². The van der Waals surface area contributed by atoms with Gasteiger partial charge in [-0.3, -0.25) is 4.79 Å². The highest BCUT2D eigenvalue weighted by Gasteiger charge is 2.25. The first-order valence-corrected chi connectivity index (χ1v) is 8.11. The van der Waals surface area contributed by atoms with E-state index in [0.29, 0.717) is 29.4 Å². The van der Waals surface area contributed by atoms with Crippen LogP contribution in [0.2, 0.25) is 0 Å². The van der Waals surface area contributed by atoms with Crippen molar-refractivity contribution in [2.75, 3.05) is 28.4 Å². The average Bonchev–Trinajstić information content (AvgIpc) is 2.62. The van der Waals surface area contributed by atoms with Gasteiger partial charge in [0.05, 0.1) is 34.9 Å². The van der Waals surface area contributed by atoms with Crippen LogP contribution in [0.3, 0.4) is 0 Å². The summed E-state index contributed by atoms with van der Waals surface area (Å²) in [5, 5.41) is 9.00. The van der Waals surface area contributed by atoms with Gasteiger partial charge in [-0.2, -0.15) is 0 Å². The Bertz CT molecular complexity index is 797. The van der Waals surface area contributed by atoms with E-state index in [2.05, 4.69) is 0 Å². The smallest absolute Gasteiger partial charge is 0.307 e. The Morgan fingerprint density at radius 2 is 1.42 bits per heavy atom. The van der Waals surface area contributed by atoms with Gasteiger partial charge in [-0.25, -0.2) is 0 Å². The zero-order valence-corrected chi connectivity index (χ0v) is 15.7. The molecule has 0 heterocycles. The number of carboxylic acids is 1.